The van der Waals surface area contributed by atoms with Crippen molar-refractivity contribution in [3.63, 3.8) is 0 Å². The van der Waals surface area contributed by atoms with Crippen LogP contribution < -0.4 is 0 Å². The van der Waals surface area contributed by atoms with Crippen molar-refractivity contribution in [2.75, 3.05) is 14.2 Å². The third-order valence-corrected chi connectivity index (χ3v) is 5.48. The Morgan fingerprint density at radius 3 is 2.62 bits per heavy atom. The van der Waals surface area contributed by atoms with Crippen LogP contribution in [0.5, 0.6) is 0 Å². The zero-order valence-electron chi connectivity index (χ0n) is 15.0. The van der Waals surface area contributed by atoms with Gasteiger partial charge in [-0.1, -0.05) is 49.1 Å². The number of hydrogen-bond acceptors (Lipinski definition) is 2. The van der Waals surface area contributed by atoms with Gasteiger partial charge in [0.05, 0.1) is 0 Å². The summed E-state index contributed by atoms with van der Waals surface area (Å²) >= 11 is 0. The van der Waals surface area contributed by atoms with E-state index in [1.165, 1.54) is 31.2 Å². The topological polar surface area (TPSA) is 12.5 Å². The number of rotatable bonds is 6. The minimum Gasteiger partial charge on any atom is -0.375 e. The molecule has 3 rings (SSSR count). The molecule has 2 unspecified atom stereocenters. The van der Waals surface area contributed by atoms with E-state index in [9.17, 15) is 0 Å². The monoisotopic (exact) mass is 323 g/mol. The average molecular weight is 323 g/mol. The summed E-state index contributed by atoms with van der Waals surface area (Å²) in [5.74, 6) is 0. The van der Waals surface area contributed by atoms with Crippen molar-refractivity contribution in [3.05, 3.63) is 71.5 Å². The first-order valence-electron chi connectivity index (χ1n) is 9.06. The number of allylic oxidation sites excluding steroid dienone is 3. The molecule has 0 N–H and O–H groups in total. The Labute approximate surface area is 146 Å². The van der Waals surface area contributed by atoms with Crippen LogP contribution in [-0.4, -0.2) is 31.2 Å². The Balaban J connectivity index is 1.64. The van der Waals surface area contributed by atoms with Gasteiger partial charge in [-0.05, 0) is 48.8 Å². The van der Waals surface area contributed by atoms with Crippen LogP contribution in [0.15, 0.2) is 65.9 Å². The lowest BCUT2D eigenvalue weighted by Gasteiger charge is -2.39. The second-order valence-electron chi connectivity index (χ2n) is 6.95. The van der Waals surface area contributed by atoms with Gasteiger partial charge in [0.25, 0.3) is 0 Å². The summed E-state index contributed by atoms with van der Waals surface area (Å²) in [7, 11) is 3.97. The first kappa shape index (κ1) is 17.0. The summed E-state index contributed by atoms with van der Waals surface area (Å²) in [5, 5.41) is 0. The SMILES string of the molecule is C=C(C(Cc1ccccc1)OC)N(C)C1CCC2=CCCC=C2C1. The lowest BCUT2D eigenvalue weighted by atomic mass is 9.82. The molecule has 1 aromatic carbocycles. The number of methoxy groups -OCH3 is 1. The summed E-state index contributed by atoms with van der Waals surface area (Å²) in [6, 6.07) is 11.1. The van der Waals surface area contributed by atoms with Crippen LogP contribution in [0, 0.1) is 0 Å². The molecule has 0 saturated heterocycles. The zero-order chi connectivity index (χ0) is 16.9. The fourth-order valence-electron chi connectivity index (χ4n) is 3.89. The van der Waals surface area contributed by atoms with Crippen LogP contribution in [0.4, 0.5) is 0 Å². The molecule has 0 aliphatic heterocycles. The number of hydrogen-bond donors (Lipinski definition) is 0. The molecule has 2 aliphatic rings. The van der Waals surface area contributed by atoms with E-state index < -0.39 is 0 Å². The largest absolute Gasteiger partial charge is 0.375 e. The van der Waals surface area contributed by atoms with Gasteiger partial charge in [0.1, 0.15) is 6.10 Å². The molecule has 1 saturated carbocycles. The molecule has 24 heavy (non-hydrogen) atoms. The van der Waals surface area contributed by atoms with Crippen molar-refractivity contribution in [3.8, 4) is 0 Å². The lowest BCUT2D eigenvalue weighted by Crippen LogP contribution is -2.38. The molecule has 0 amide bonds. The second kappa shape index (κ2) is 7.85. The maximum atomic E-state index is 5.77. The molecule has 1 aromatic rings. The molecule has 2 atom stereocenters. The first-order chi connectivity index (χ1) is 11.7. The van der Waals surface area contributed by atoms with Crippen molar-refractivity contribution >= 4 is 0 Å². The van der Waals surface area contributed by atoms with Gasteiger partial charge < -0.3 is 9.64 Å². The Morgan fingerprint density at radius 2 is 1.92 bits per heavy atom. The van der Waals surface area contributed by atoms with E-state index in [-0.39, 0.29) is 6.10 Å². The molecule has 128 valence electrons. The highest BCUT2D eigenvalue weighted by Gasteiger charge is 2.27. The highest BCUT2D eigenvalue weighted by atomic mass is 16.5. The summed E-state index contributed by atoms with van der Waals surface area (Å²) in [6.45, 7) is 4.37. The smallest absolute Gasteiger partial charge is 0.100 e. The van der Waals surface area contributed by atoms with Crippen molar-refractivity contribution in [2.45, 2.75) is 50.7 Å². The van der Waals surface area contributed by atoms with E-state index in [4.69, 9.17) is 4.74 Å². The van der Waals surface area contributed by atoms with Crippen LogP contribution >= 0.6 is 0 Å². The number of likely N-dealkylation sites (N-methyl/N-ethyl adjacent to an activating group) is 1. The van der Waals surface area contributed by atoms with E-state index >= 15 is 0 Å². The van der Waals surface area contributed by atoms with E-state index in [0.29, 0.717) is 6.04 Å². The standard InChI is InChI=1S/C22H29NO/c1-17(22(24-3)15-18-9-5-4-6-10-18)23(2)21-14-13-19-11-7-8-12-20(19)16-21/h4-6,9-12,21-22H,1,7-8,13-16H2,2-3H3. The van der Waals surface area contributed by atoms with Crippen molar-refractivity contribution in [2.24, 2.45) is 0 Å². The quantitative estimate of drug-likeness (QED) is 0.739. The average Bonchev–Trinajstić information content (AvgIpc) is 2.65. The van der Waals surface area contributed by atoms with Gasteiger partial charge in [0.15, 0.2) is 0 Å². The van der Waals surface area contributed by atoms with E-state index in [2.05, 4.69) is 61.0 Å². The van der Waals surface area contributed by atoms with Gasteiger partial charge in [0.2, 0.25) is 0 Å². The maximum Gasteiger partial charge on any atom is 0.100 e. The van der Waals surface area contributed by atoms with Crippen LogP contribution in [0.1, 0.15) is 37.7 Å². The van der Waals surface area contributed by atoms with Gasteiger partial charge >= 0.3 is 0 Å². The van der Waals surface area contributed by atoms with Gasteiger partial charge in [-0.25, -0.2) is 0 Å². The number of benzene rings is 1. The molecule has 0 aromatic heterocycles. The Hall–Kier alpha value is -1.80. The predicted molar refractivity (Wildman–Crippen MR) is 101 cm³/mol. The lowest BCUT2D eigenvalue weighted by molar-refractivity contribution is 0.0962. The second-order valence-corrected chi connectivity index (χ2v) is 6.95. The summed E-state index contributed by atoms with van der Waals surface area (Å²) < 4.78 is 5.77. The van der Waals surface area contributed by atoms with Crippen LogP contribution in [0.3, 0.4) is 0 Å². The Morgan fingerprint density at radius 1 is 1.21 bits per heavy atom. The first-order valence-corrected chi connectivity index (χ1v) is 9.06. The van der Waals surface area contributed by atoms with E-state index in [0.717, 1.165) is 18.5 Å². The third-order valence-electron chi connectivity index (χ3n) is 5.48. The van der Waals surface area contributed by atoms with Crippen LogP contribution in [-0.2, 0) is 11.2 Å². The molecule has 0 heterocycles. The predicted octanol–water partition coefficient (Wildman–Crippen LogP) is 4.89. The highest BCUT2D eigenvalue weighted by Crippen LogP contribution is 2.35. The summed E-state index contributed by atoms with van der Waals surface area (Å²) in [6.07, 6.45) is 11.8. The number of nitrogens with zero attached hydrogens (tertiary/aromatic N) is 1. The summed E-state index contributed by atoms with van der Waals surface area (Å²) in [4.78, 5) is 2.36. The van der Waals surface area contributed by atoms with E-state index in [1.807, 2.05) is 0 Å². The fourth-order valence-corrected chi connectivity index (χ4v) is 3.89. The number of fused-ring (bicyclic) bond motifs is 1. The molecule has 2 heteroatoms. The zero-order valence-corrected chi connectivity index (χ0v) is 15.0. The van der Waals surface area contributed by atoms with Crippen molar-refractivity contribution < 1.29 is 4.74 Å². The highest BCUT2D eigenvalue weighted by molar-refractivity contribution is 5.36. The van der Waals surface area contributed by atoms with Crippen molar-refractivity contribution in [1.82, 2.24) is 4.90 Å². The molecular weight excluding hydrogens is 294 g/mol. The molecule has 0 radical (unpaired) electrons. The van der Waals surface area contributed by atoms with Crippen LogP contribution in [0.2, 0.25) is 0 Å². The fraction of sp³-hybridized carbons (Fsp3) is 0.455. The molecule has 2 nitrogen and oxygen atoms in total. The molecule has 0 spiro atoms. The third kappa shape index (κ3) is 3.81. The Bertz CT molecular complexity index is 629. The van der Waals surface area contributed by atoms with Gasteiger partial charge in [-0.15, -0.1) is 0 Å². The molecular formula is C22H29NO. The Kier molecular flexibility index (Phi) is 5.57. The summed E-state index contributed by atoms with van der Waals surface area (Å²) in [5.41, 5.74) is 5.54. The normalized spacial score (nSPS) is 21.3. The number of ether oxygens (including phenoxy) is 1. The maximum absolute atomic E-state index is 5.77. The van der Waals surface area contributed by atoms with Gasteiger partial charge in [0, 0.05) is 32.3 Å². The van der Waals surface area contributed by atoms with Gasteiger partial charge in [-0.3, -0.25) is 0 Å². The minimum absolute atomic E-state index is 0.0367. The minimum atomic E-state index is 0.0367. The van der Waals surface area contributed by atoms with Crippen LogP contribution in [0.25, 0.3) is 0 Å². The van der Waals surface area contributed by atoms with Gasteiger partial charge in [-0.2, -0.15) is 0 Å². The van der Waals surface area contributed by atoms with Crippen molar-refractivity contribution in [1.29, 1.82) is 0 Å². The molecule has 0 bridgehead atoms. The molecule has 2 aliphatic carbocycles. The van der Waals surface area contributed by atoms with E-state index in [1.54, 1.807) is 18.3 Å². The molecule has 1 fully saturated rings.